The quantitative estimate of drug-likeness (QED) is 0.912. The maximum Gasteiger partial charge on any atom is 0.248 e. The van der Waals surface area contributed by atoms with Crippen LogP contribution in [-0.2, 0) is 11.3 Å². The predicted molar refractivity (Wildman–Crippen MR) is 75.7 cm³/mol. The van der Waals surface area contributed by atoms with Crippen molar-refractivity contribution in [3.05, 3.63) is 65.0 Å². The first-order valence-electron chi connectivity index (χ1n) is 6.48. The molecule has 1 aliphatic rings. The first-order chi connectivity index (χ1) is 9.56. The van der Waals surface area contributed by atoms with E-state index in [1.165, 1.54) is 12.1 Å². The molecule has 0 saturated carbocycles. The van der Waals surface area contributed by atoms with Gasteiger partial charge in [0.25, 0.3) is 0 Å². The number of aryl methyl sites for hydroxylation is 1. The zero-order valence-corrected chi connectivity index (χ0v) is 11.1. The summed E-state index contributed by atoms with van der Waals surface area (Å²) in [7, 11) is 0. The third-order valence-electron chi connectivity index (χ3n) is 3.57. The molecule has 1 amide bonds. The van der Waals surface area contributed by atoms with E-state index in [1.54, 1.807) is 11.0 Å². The normalized spacial score (nSPS) is 17.4. The fourth-order valence-corrected chi connectivity index (χ4v) is 2.59. The highest BCUT2D eigenvalue weighted by Crippen LogP contribution is 2.36. The van der Waals surface area contributed by atoms with Gasteiger partial charge in [-0.3, -0.25) is 4.79 Å². The highest BCUT2D eigenvalue weighted by atomic mass is 19.1. The summed E-state index contributed by atoms with van der Waals surface area (Å²) >= 11 is 0. The third kappa shape index (κ3) is 2.08. The van der Waals surface area contributed by atoms with Crippen LogP contribution in [0.1, 0.15) is 22.7 Å². The molecule has 0 aromatic heterocycles. The number of hydrogen-bond donors (Lipinski definition) is 1. The van der Waals surface area contributed by atoms with E-state index >= 15 is 0 Å². The van der Waals surface area contributed by atoms with Crippen LogP contribution in [0.15, 0.2) is 42.5 Å². The molecule has 2 aromatic rings. The van der Waals surface area contributed by atoms with Gasteiger partial charge in [-0.15, -0.1) is 0 Å². The second kappa shape index (κ2) is 4.72. The largest absolute Gasteiger partial charge is 0.316 e. The summed E-state index contributed by atoms with van der Waals surface area (Å²) in [5, 5.41) is 0. The van der Waals surface area contributed by atoms with Crippen molar-refractivity contribution >= 4 is 11.6 Å². The van der Waals surface area contributed by atoms with Gasteiger partial charge in [-0.2, -0.15) is 0 Å². The van der Waals surface area contributed by atoms with Crippen molar-refractivity contribution < 1.29 is 9.18 Å². The summed E-state index contributed by atoms with van der Waals surface area (Å²) in [5.41, 5.74) is 9.28. The monoisotopic (exact) mass is 270 g/mol. The van der Waals surface area contributed by atoms with Crippen molar-refractivity contribution in [2.24, 2.45) is 5.73 Å². The molecule has 102 valence electrons. The lowest BCUT2D eigenvalue weighted by Gasteiger charge is -2.18. The van der Waals surface area contributed by atoms with E-state index in [-0.39, 0.29) is 11.7 Å². The van der Waals surface area contributed by atoms with Gasteiger partial charge in [-0.05, 0) is 24.6 Å². The van der Waals surface area contributed by atoms with E-state index < -0.39 is 6.04 Å². The van der Waals surface area contributed by atoms with E-state index in [9.17, 15) is 9.18 Å². The van der Waals surface area contributed by atoms with Crippen molar-refractivity contribution in [1.82, 2.24) is 0 Å². The minimum atomic E-state index is -0.699. The molecule has 4 heteroatoms. The van der Waals surface area contributed by atoms with Crippen molar-refractivity contribution in [1.29, 1.82) is 0 Å². The molecule has 0 radical (unpaired) electrons. The number of nitrogens with zero attached hydrogens (tertiary/aromatic N) is 1. The number of anilines is 1. The van der Waals surface area contributed by atoms with Gasteiger partial charge in [0, 0.05) is 5.56 Å². The molecule has 3 nitrogen and oxygen atoms in total. The molecule has 0 aliphatic carbocycles. The Balaban J connectivity index is 1.98. The van der Waals surface area contributed by atoms with Crippen LogP contribution in [0.4, 0.5) is 10.1 Å². The highest BCUT2D eigenvalue weighted by molar-refractivity contribution is 6.04. The van der Waals surface area contributed by atoms with Crippen molar-refractivity contribution in [3.8, 4) is 0 Å². The van der Waals surface area contributed by atoms with Crippen LogP contribution in [0.3, 0.4) is 0 Å². The maximum atomic E-state index is 13.4. The number of benzene rings is 2. The van der Waals surface area contributed by atoms with Gasteiger partial charge in [0.1, 0.15) is 11.9 Å². The molecule has 0 fully saturated rings. The lowest BCUT2D eigenvalue weighted by Crippen LogP contribution is -2.31. The Morgan fingerprint density at radius 2 is 2.05 bits per heavy atom. The molecule has 0 bridgehead atoms. The van der Waals surface area contributed by atoms with E-state index in [1.807, 2.05) is 31.2 Å². The molecule has 3 rings (SSSR count). The summed E-state index contributed by atoms with van der Waals surface area (Å²) in [6.45, 7) is 2.40. The Morgan fingerprint density at radius 3 is 2.80 bits per heavy atom. The van der Waals surface area contributed by atoms with Gasteiger partial charge >= 0.3 is 0 Å². The first-order valence-corrected chi connectivity index (χ1v) is 6.48. The number of hydrogen-bond acceptors (Lipinski definition) is 2. The van der Waals surface area contributed by atoms with Crippen molar-refractivity contribution in [2.75, 3.05) is 4.90 Å². The maximum absolute atomic E-state index is 13.4. The van der Waals surface area contributed by atoms with Crippen LogP contribution in [0.2, 0.25) is 0 Å². The van der Waals surface area contributed by atoms with Gasteiger partial charge in [0.05, 0.1) is 12.2 Å². The molecular formula is C16H15FN2O. The number of carbonyl (C=O) groups excluding carboxylic acids is 1. The molecule has 20 heavy (non-hydrogen) atoms. The molecule has 2 N–H and O–H groups in total. The fourth-order valence-electron chi connectivity index (χ4n) is 2.59. The average molecular weight is 270 g/mol. The number of halogens is 1. The highest BCUT2D eigenvalue weighted by Gasteiger charge is 2.34. The van der Waals surface area contributed by atoms with E-state index in [0.717, 1.165) is 11.1 Å². The van der Waals surface area contributed by atoms with Crippen LogP contribution in [-0.4, -0.2) is 5.91 Å². The number of nitrogens with two attached hydrogens (primary N) is 1. The molecule has 2 aromatic carbocycles. The second-order valence-electron chi connectivity index (χ2n) is 5.09. The Bertz CT molecular complexity index is 684. The minimum Gasteiger partial charge on any atom is -0.316 e. The van der Waals surface area contributed by atoms with Gasteiger partial charge < -0.3 is 10.6 Å². The van der Waals surface area contributed by atoms with Crippen LogP contribution in [0.5, 0.6) is 0 Å². The second-order valence-corrected chi connectivity index (χ2v) is 5.09. The predicted octanol–water partition coefficient (Wildman–Crippen LogP) is 2.68. The molecule has 0 saturated heterocycles. The molecule has 1 heterocycles. The lowest BCUT2D eigenvalue weighted by molar-refractivity contribution is -0.119. The van der Waals surface area contributed by atoms with E-state index in [2.05, 4.69) is 0 Å². The van der Waals surface area contributed by atoms with Crippen LogP contribution in [0.25, 0.3) is 0 Å². The van der Waals surface area contributed by atoms with E-state index in [4.69, 9.17) is 5.73 Å². The summed E-state index contributed by atoms with van der Waals surface area (Å²) in [6, 6.07) is 11.5. The van der Waals surface area contributed by atoms with Gasteiger partial charge in [0.15, 0.2) is 0 Å². The molecule has 1 aliphatic heterocycles. The molecular weight excluding hydrogens is 255 g/mol. The SMILES string of the molecule is Cc1cccc(CN2C(=O)C(N)c3ccc(F)cc32)c1. The molecule has 0 spiro atoms. The molecule has 1 atom stereocenters. The average Bonchev–Trinajstić information content (AvgIpc) is 2.64. The summed E-state index contributed by atoms with van der Waals surface area (Å²) in [6.07, 6.45) is 0. The van der Waals surface area contributed by atoms with Gasteiger partial charge in [-0.1, -0.05) is 35.9 Å². The minimum absolute atomic E-state index is 0.188. The Labute approximate surface area is 116 Å². The Hall–Kier alpha value is -2.20. The van der Waals surface area contributed by atoms with E-state index in [0.29, 0.717) is 17.8 Å². The summed E-state index contributed by atoms with van der Waals surface area (Å²) in [5.74, 6) is -0.549. The number of amides is 1. The fraction of sp³-hybridized carbons (Fsp3) is 0.188. The zero-order valence-electron chi connectivity index (χ0n) is 11.1. The van der Waals surface area contributed by atoms with Crippen molar-refractivity contribution in [2.45, 2.75) is 19.5 Å². The number of fused-ring (bicyclic) bond motifs is 1. The van der Waals surface area contributed by atoms with Crippen molar-refractivity contribution in [3.63, 3.8) is 0 Å². The van der Waals surface area contributed by atoms with Gasteiger partial charge in [-0.25, -0.2) is 4.39 Å². The summed E-state index contributed by atoms with van der Waals surface area (Å²) < 4.78 is 13.4. The lowest BCUT2D eigenvalue weighted by atomic mass is 10.1. The zero-order chi connectivity index (χ0) is 14.3. The number of carbonyl (C=O) groups is 1. The smallest absolute Gasteiger partial charge is 0.248 e. The standard InChI is InChI=1S/C16H15FN2O/c1-10-3-2-4-11(7-10)9-19-14-8-12(17)5-6-13(14)15(18)16(19)20/h2-8,15H,9,18H2,1H3. The topological polar surface area (TPSA) is 46.3 Å². The van der Waals surface area contributed by atoms with Gasteiger partial charge in [0.2, 0.25) is 5.91 Å². The number of rotatable bonds is 2. The van der Waals surface area contributed by atoms with Crippen LogP contribution < -0.4 is 10.6 Å². The Kier molecular flexibility index (Phi) is 3.03. The third-order valence-corrected chi connectivity index (χ3v) is 3.57. The Morgan fingerprint density at radius 1 is 1.25 bits per heavy atom. The van der Waals surface area contributed by atoms with Crippen LogP contribution >= 0.6 is 0 Å². The molecule has 1 unspecified atom stereocenters. The first kappa shape index (κ1) is 12.8. The summed E-state index contributed by atoms with van der Waals surface area (Å²) in [4.78, 5) is 13.8. The van der Waals surface area contributed by atoms with Crippen LogP contribution in [0, 0.1) is 12.7 Å².